The number of anilines is 1. The zero-order chi connectivity index (χ0) is 24.7. The Morgan fingerprint density at radius 1 is 1.12 bits per heavy atom. The van der Waals surface area contributed by atoms with E-state index in [1.807, 2.05) is 5.10 Å². The second kappa shape index (κ2) is 8.88. The van der Waals surface area contributed by atoms with Crippen LogP contribution in [-0.2, 0) is 35.0 Å². The summed E-state index contributed by atoms with van der Waals surface area (Å²) in [6.45, 7) is -0.205. The van der Waals surface area contributed by atoms with Gasteiger partial charge in [-0.05, 0) is 12.8 Å². The third-order valence-corrected chi connectivity index (χ3v) is 5.66. The van der Waals surface area contributed by atoms with Crippen molar-refractivity contribution in [2.45, 2.75) is 44.3 Å². The van der Waals surface area contributed by atoms with Crippen LogP contribution in [0.4, 0.5) is 32.2 Å². The first-order valence-corrected chi connectivity index (χ1v) is 10.2. The van der Waals surface area contributed by atoms with Gasteiger partial charge in [0, 0.05) is 25.7 Å². The van der Waals surface area contributed by atoms with Crippen LogP contribution < -0.4 is 10.5 Å². The van der Waals surface area contributed by atoms with Crippen molar-refractivity contribution in [3.8, 4) is 0 Å². The zero-order valence-corrected chi connectivity index (χ0v) is 17.5. The van der Waals surface area contributed by atoms with Crippen LogP contribution in [0.3, 0.4) is 0 Å². The number of ether oxygens (including phenoxy) is 1. The highest BCUT2D eigenvalue weighted by Gasteiger charge is 2.40. The van der Waals surface area contributed by atoms with Gasteiger partial charge in [-0.15, -0.1) is 10.2 Å². The molecule has 0 bridgehead atoms. The number of rotatable bonds is 5. The zero-order valence-electron chi connectivity index (χ0n) is 17.5. The van der Waals surface area contributed by atoms with Gasteiger partial charge in [0.25, 0.3) is 5.56 Å². The monoisotopic (exact) mass is 495 g/mol. The van der Waals surface area contributed by atoms with Crippen molar-refractivity contribution < 1.29 is 35.9 Å². The molecule has 186 valence electrons. The van der Waals surface area contributed by atoms with Crippen LogP contribution in [0.25, 0.3) is 0 Å². The van der Waals surface area contributed by atoms with E-state index in [1.165, 1.54) is 4.90 Å². The lowest BCUT2D eigenvalue weighted by molar-refractivity contribution is -0.148. The first-order chi connectivity index (χ1) is 15.9. The van der Waals surface area contributed by atoms with E-state index in [0.717, 1.165) is 4.57 Å². The molecule has 0 aromatic carbocycles. The number of H-pyrrole nitrogens is 1. The third kappa shape index (κ3) is 4.85. The molecule has 10 nitrogen and oxygen atoms in total. The molecule has 1 amide bonds. The van der Waals surface area contributed by atoms with Gasteiger partial charge in [0.2, 0.25) is 11.7 Å². The number of hydrogen-bond acceptors (Lipinski definition) is 7. The Morgan fingerprint density at radius 2 is 1.88 bits per heavy atom. The topological polar surface area (TPSA) is 109 Å². The van der Waals surface area contributed by atoms with Gasteiger partial charge in [0.05, 0.1) is 19.2 Å². The third-order valence-electron chi connectivity index (χ3n) is 5.66. The molecule has 0 spiro atoms. The number of carbonyl (C=O) groups is 1. The molecule has 0 saturated carbocycles. The molecule has 1 fully saturated rings. The summed E-state index contributed by atoms with van der Waals surface area (Å²) in [7, 11) is 0. The number of amides is 1. The lowest BCUT2D eigenvalue weighted by Crippen LogP contribution is -2.42. The van der Waals surface area contributed by atoms with Gasteiger partial charge in [-0.2, -0.15) is 31.4 Å². The average Bonchev–Trinajstić information content (AvgIpc) is 3.39. The Bertz CT molecular complexity index is 1110. The summed E-state index contributed by atoms with van der Waals surface area (Å²) in [5.74, 6) is -1.62. The number of nitrogens with zero attached hydrogens (tertiary/aromatic N) is 6. The summed E-state index contributed by atoms with van der Waals surface area (Å²) in [5.41, 5.74) is -2.69. The number of aromatic amines is 1. The first kappa shape index (κ1) is 24.0. The first-order valence-electron chi connectivity index (χ1n) is 10.2. The maximum absolute atomic E-state index is 13.0. The minimum atomic E-state index is -4.83. The van der Waals surface area contributed by atoms with E-state index in [0.29, 0.717) is 25.5 Å². The fraction of sp³-hybridized carbons (Fsp3) is 0.611. The molecule has 2 aliphatic rings. The van der Waals surface area contributed by atoms with Crippen molar-refractivity contribution in [2.24, 2.45) is 0 Å². The molecule has 4 heterocycles. The predicted molar refractivity (Wildman–Crippen MR) is 101 cm³/mol. The minimum absolute atomic E-state index is 0.0101. The Balaban J connectivity index is 1.33. The van der Waals surface area contributed by atoms with Crippen molar-refractivity contribution in [3.63, 3.8) is 0 Å². The lowest BCUT2D eigenvalue weighted by atomic mass is 10.2. The van der Waals surface area contributed by atoms with Gasteiger partial charge in [-0.1, -0.05) is 0 Å². The second-order valence-electron chi connectivity index (χ2n) is 7.88. The van der Waals surface area contributed by atoms with Crippen molar-refractivity contribution in [1.29, 1.82) is 0 Å². The molecule has 1 saturated heterocycles. The molecule has 2 aromatic heterocycles. The highest BCUT2D eigenvalue weighted by atomic mass is 19.4. The van der Waals surface area contributed by atoms with E-state index in [9.17, 15) is 35.9 Å². The SMILES string of the molecule is O=C(COC[C@@H]1CCCN1c1cc(C(F)(F)F)c(=O)[nH]n1)N1CCn2c(nnc2C(F)(F)F)C1. The molecule has 1 atom stereocenters. The summed E-state index contributed by atoms with van der Waals surface area (Å²) in [6.07, 6.45) is -8.25. The fourth-order valence-electron chi connectivity index (χ4n) is 4.02. The van der Waals surface area contributed by atoms with Crippen LogP contribution in [0, 0.1) is 0 Å². The minimum Gasteiger partial charge on any atom is -0.369 e. The molecule has 1 N–H and O–H groups in total. The summed E-state index contributed by atoms with van der Waals surface area (Å²) in [5, 5.41) is 12.2. The number of aromatic nitrogens is 5. The smallest absolute Gasteiger partial charge is 0.369 e. The van der Waals surface area contributed by atoms with Crippen molar-refractivity contribution in [3.05, 3.63) is 33.6 Å². The Hall–Kier alpha value is -3.17. The standard InChI is InChI=1S/C18H19F6N7O3/c19-17(20,21)11-6-12(25-27-15(11)33)30-3-1-2-10(30)8-34-9-14(32)29-4-5-31-13(7-29)26-28-16(31)18(22,23)24/h6,10H,1-5,7-9H2,(H,27,33)/t10-/m0/s1. The Morgan fingerprint density at radius 3 is 2.59 bits per heavy atom. The van der Waals surface area contributed by atoms with Crippen LogP contribution >= 0.6 is 0 Å². The molecule has 2 aromatic rings. The summed E-state index contributed by atoms with van der Waals surface area (Å²) < 4.78 is 84.3. The lowest BCUT2D eigenvalue weighted by Gasteiger charge is -2.29. The molecule has 0 radical (unpaired) electrons. The molecule has 2 aliphatic heterocycles. The van der Waals surface area contributed by atoms with E-state index >= 15 is 0 Å². The quantitative estimate of drug-likeness (QED) is 0.625. The van der Waals surface area contributed by atoms with Crippen LogP contribution in [0.2, 0.25) is 0 Å². The summed E-state index contributed by atoms with van der Waals surface area (Å²) >= 11 is 0. The van der Waals surface area contributed by atoms with Crippen LogP contribution in [-0.4, -0.2) is 68.1 Å². The van der Waals surface area contributed by atoms with Gasteiger partial charge < -0.3 is 19.1 Å². The summed E-state index contributed by atoms with van der Waals surface area (Å²) in [6, 6.07) is 0.313. The van der Waals surface area contributed by atoms with Crippen molar-refractivity contribution >= 4 is 11.7 Å². The molecule has 0 aliphatic carbocycles. The molecule has 34 heavy (non-hydrogen) atoms. The number of hydrogen-bond donors (Lipinski definition) is 1. The number of carbonyl (C=O) groups excluding carboxylic acids is 1. The highest BCUT2D eigenvalue weighted by Crippen LogP contribution is 2.31. The highest BCUT2D eigenvalue weighted by molar-refractivity contribution is 5.77. The Kier molecular flexibility index (Phi) is 6.26. The maximum atomic E-state index is 13.0. The Labute approximate surface area is 187 Å². The molecular formula is C18H19F6N7O3. The van der Waals surface area contributed by atoms with Gasteiger partial charge in [-0.3, -0.25) is 9.59 Å². The van der Waals surface area contributed by atoms with Gasteiger partial charge in [-0.25, -0.2) is 5.10 Å². The van der Waals surface area contributed by atoms with Gasteiger partial charge in [0.1, 0.15) is 18.0 Å². The van der Waals surface area contributed by atoms with Gasteiger partial charge >= 0.3 is 12.4 Å². The predicted octanol–water partition coefficient (Wildman–Crippen LogP) is 1.43. The molecule has 16 heteroatoms. The van der Waals surface area contributed by atoms with Crippen molar-refractivity contribution in [2.75, 3.05) is 31.2 Å². The summed E-state index contributed by atoms with van der Waals surface area (Å²) in [4.78, 5) is 26.8. The van der Waals surface area contributed by atoms with E-state index in [-0.39, 0.29) is 50.5 Å². The van der Waals surface area contributed by atoms with E-state index < -0.39 is 35.2 Å². The van der Waals surface area contributed by atoms with E-state index in [2.05, 4.69) is 15.3 Å². The average molecular weight is 495 g/mol. The van der Waals surface area contributed by atoms with Crippen LogP contribution in [0.1, 0.15) is 30.1 Å². The number of nitrogens with one attached hydrogen (secondary N) is 1. The van der Waals surface area contributed by atoms with E-state index in [1.54, 1.807) is 4.90 Å². The largest absolute Gasteiger partial charge is 0.451 e. The molecule has 4 rings (SSSR count). The van der Waals surface area contributed by atoms with Crippen LogP contribution in [0.15, 0.2) is 10.9 Å². The van der Waals surface area contributed by atoms with Gasteiger partial charge in [0.15, 0.2) is 5.82 Å². The number of alkyl halides is 6. The van der Waals surface area contributed by atoms with Crippen LogP contribution in [0.5, 0.6) is 0 Å². The van der Waals surface area contributed by atoms with E-state index in [4.69, 9.17) is 4.74 Å². The van der Waals surface area contributed by atoms with Crippen molar-refractivity contribution in [1.82, 2.24) is 29.9 Å². The maximum Gasteiger partial charge on any atom is 0.451 e. The fourth-order valence-corrected chi connectivity index (χ4v) is 4.02. The second-order valence-corrected chi connectivity index (χ2v) is 7.88. The molecule has 0 unspecified atom stereocenters. The molecular weight excluding hydrogens is 476 g/mol. The normalized spacial score (nSPS) is 18.9. The number of fused-ring (bicyclic) bond motifs is 1. The number of halogens is 6.